The molecule has 15 heavy (non-hydrogen) atoms. The molecule has 0 bridgehead atoms. The molecule has 1 saturated carbocycles. The SMILES string of the molecule is CCC(C)(C)OC1CC(C)(C)CCC1O. The molecule has 0 spiro atoms. The molecule has 1 aliphatic rings. The van der Waals surface area contributed by atoms with Crippen LogP contribution in [0, 0.1) is 5.41 Å². The molecule has 0 amide bonds. The van der Waals surface area contributed by atoms with E-state index in [-0.39, 0.29) is 17.8 Å². The number of rotatable bonds is 3. The largest absolute Gasteiger partial charge is 0.390 e. The molecule has 2 heteroatoms. The maximum atomic E-state index is 9.94. The van der Waals surface area contributed by atoms with Gasteiger partial charge in [-0.3, -0.25) is 0 Å². The van der Waals surface area contributed by atoms with Crippen molar-refractivity contribution < 1.29 is 9.84 Å². The van der Waals surface area contributed by atoms with Crippen LogP contribution in [0.1, 0.15) is 60.3 Å². The van der Waals surface area contributed by atoms with Gasteiger partial charge >= 0.3 is 0 Å². The Labute approximate surface area is 94.0 Å². The fourth-order valence-electron chi connectivity index (χ4n) is 2.12. The summed E-state index contributed by atoms with van der Waals surface area (Å²) in [5.41, 5.74) is 0.201. The zero-order chi connectivity index (χ0) is 11.7. The molecule has 0 heterocycles. The van der Waals surface area contributed by atoms with E-state index in [2.05, 4.69) is 34.6 Å². The van der Waals surface area contributed by atoms with Gasteiger partial charge in [0.2, 0.25) is 0 Å². The Bertz CT molecular complexity index is 209. The quantitative estimate of drug-likeness (QED) is 0.782. The number of hydrogen-bond donors (Lipinski definition) is 1. The Morgan fingerprint density at radius 1 is 1.40 bits per heavy atom. The lowest BCUT2D eigenvalue weighted by Gasteiger charge is -2.41. The lowest BCUT2D eigenvalue weighted by molar-refractivity contribution is -0.150. The van der Waals surface area contributed by atoms with Gasteiger partial charge in [-0.2, -0.15) is 0 Å². The topological polar surface area (TPSA) is 29.5 Å². The van der Waals surface area contributed by atoms with Crippen molar-refractivity contribution in [2.75, 3.05) is 0 Å². The summed E-state index contributed by atoms with van der Waals surface area (Å²) in [6, 6.07) is 0. The van der Waals surface area contributed by atoms with Crippen molar-refractivity contribution in [3.05, 3.63) is 0 Å². The molecule has 1 aliphatic carbocycles. The molecule has 0 aromatic heterocycles. The number of hydrogen-bond acceptors (Lipinski definition) is 2. The smallest absolute Gasteiger partial charge is 0.0846 e. The highest BCUT2D eigenvalue weighted by molar-refractivity contribution is 4.87. The van der Waals surface area contributed by atoms with Crippen molar-refractivity contribution in [2.45, 2.75) is 78.1 Å². The third-order valence-electron chi connectivity index (χ3n) is 3.62. The fourth-order valence-corrected chi connectivity index (χ4v) is 2.12. The average molecular weight is 214 g/mol. The van der Waals surface area contributed by atoms with Crippen molar-refractivity contribution in [2.24, 2.45) is 5.41 Å². The second-order valence-corrected chi connectivity index (χ2v) is 6.24. The van der Waals surface area contributed by atoms with E-state index < -0.39 is 0 Å². The molecule has 0 aromatic carbocycles. The number of aliphatic hydroxyl groups excluding tert-OH is 1. The van der Waals surface area contributed by atoms with Gasteiger partial charge in [0.15, 0.2) is 0 Å². The zero-order valence-corrected chi connectivity index (χ0v) is 10.8. The minimum absolute atomic E-state index is 0.0173. The first-order chi connectivity index (χ1) is 6.76. The lowest BCUT2D eigenvalue weighted by Crippen LogP contribution is -2.43. The molecule has 0 saturated heterocycles. The van der Waals surface area contributed by atoms with Crippen LogP contribution < -0.4 is 0 Å². The minimum Gasteiger partial charge on any atom is -0.390 e. The molecule has 2 nitrogen and oxygen atoms in total. The van der Waals surface area contributed by atoms with Crippen LogP contribution in [0.4, 0.5) is 0 Å². The maximum absolute atomic E-state index is 9.94. The van der Waals surface area contributed by atoms with E-state index in [1.165, 1.54) is 0 Å². The van der Waals surface area contributed by atoms with Gasteiger partial charge in [0, 0.05) is 0 Å². The Balaban J connectivity index is 2.59. The summed E-state index contributed by atoms with van der Waals surface area (Å²) in [5, 5.41) is 9.94. The molecular weight excluding hydrogens is 188 g/mol. The highest BCUT2D eigenvalue weighted by Gasteiger charge is 2.37. The van der Waals surface area contributed by atoms with E-state index in [1.807, 2.05) is 0 Å². The lowest BCUT2D eigenvalue weighted by atomic mass is 9.75. The van der Waals surface area contributed by atoms with Crippen molar-refractivity contribution in [1.82, 2.24) is 0 Å². The Hall–Kier alpha value is -0.0800. The fraction of sp³-hybridized carbons (Fsp3) is 1.00. The number of ether oxygens (including phenoxy) is 1. The van der Waals surface area contributed by atoms with Crippen LogP contribution in [-0.2, 0) is 4.74 Å². The van der Waals surface area contributed by atoms with Crippen molar-refractivity contribution in [1.29, 1.82) is 0 Å². The summed E-state index contributed by atoms with van der Waals surface area (Å²) in [4.78, 5) is 0. The first-order valence-electron chi connectivity index (χ1n) is 6.12. The molecule has 0 radical (unpaired) electrons. The van der Waals surface area contributed by atoms with Gasteiger partial charge < -0.3 is 9.84 Å². The van der Waals surface area contributed by atoms with Crippen LogP contribution in [0.15, 0.2) is 0 Å². The second-order valence-electron chi connectivity index (χ2n) is 6.24. The minimum atomic E-state index is -0.274. The monoisotopic (exact) mass is 214 g/mol. The van der Waals surface area contributed by atoms with E-state index in [1.54, 1.807) is 0 Å². The summed E-state index contributed by atoms with van der Waals surface area (Å²) < 4.78 is 6.03. The van der Waals surface area contributed by atoms with Crippen LogP contribution in [0.5, 0.6) is 0 Å². The molecule has 2 atom stereocenters. The Morgan fingerprint density at radius 3 is 2.53 bits per heavy atom. The van der Waals surface area contributed by atoms with Gasteiger partial charge in [0.05, 0.1) is 17.8 Å². The zero-order valence-electron chi connectivity index (χ0n) is 10.8. The predicted octanol–water partition coefficient (Wildman–Crippen LogP) is 3.13. The normalized spacial score (nSPS) is 31.6. The van der Waals surface area contributed by atoms with E-state index in [0.717, 1.165) is 25.7 Å². The first-order valence-corrected chi connectivity index (χ1v) is 6.12. The Kier molecular flexibility index (Phi) is 3.83. The molecule has 0 aliphatic heterocycles. The van der Waals surface area contributed by atoms with E-state index in [9.17, 15) is 5.11 Å². The van der Waals surface area contributed by atoms with Gasteiger partial charge in [-0.05, 0) is 44.9 Å². The van der Waals surface area contributed by atoms with Crippen LogP contribution in [0.2, 0.25) is 0 Å². The first kappa shape index (κ1) is 13.0. The highest BCUT2D eigenvalue weighted by atomic mass is 16.5. The summed E-state index contributed by atoms with van der Waals surface area (Å²) in [6.45, 7) is 10.8. The molecule has 1 N–H and O–H groups in total. The molecule has 0 aromatic rings. The highest BCUT2D eigenvalue weighted by Crippen LogP contribution is 2.38. The molecule has 90 valence electrons. The van der Waals surface area contributed by atoms with Gasteiger partial charge in [0.1, 0.15) is 0 Å². The van der Waals surface area contributed by atoms with Crippen LogP contribution in [0.25, 0.3) is 0 Å². The van der Waals surface area contributed by atoms with Crippen LogP contribution in [-0.4, -0.2) is 22.9 Å². The van der Waals surface area contributed by atoms with Crippen LogP contribution >= 0.6 is 0 Å². The van der Waals surface area contributed by atoms with Gasteiger partial charge in [-0.25, -0.2) is 0 Å². The summed E-state index contributed by atoms with van der Waals surface area (Å²) in [6.07, 6.45) is 3.67. The van der Waals surface area contributed by atoms with Crippen molar-refractivity contribution in [3.8, 4) is 0 Å². The average Bonchev–Trinajstić information content (AvgIpc) is 2.11. The molecule has 1 rings (SSSR count). The van der Waals surface area contributed by atoms with Crippen molar-refractivity contribution >= 4 is 0 Å². The third kappa shape index (κ3) is 3.76. The summed E-state index contributed by atoms with van der Waals surface area (Å²) in [7, 11) is 0. The van der Waals surface area contributed by atoms with Crippen LogP contribution in [0.3, 0.4) is 0 Å². The molecule has 1 fully saturated rings. The van der Waals surface area contributed by atoms with Gasteiger partial charge in [0.25, 0.3) is 0 Å². The molecule has 2 unspecified atom stereocenters. The number of aliphatic hydroxyl groups is 1. The van der Waals surface area contributed by atoms with E-state index in [4.69, 9.17) is 4.74 Å². The van der Waals surface area contributed by atoms with Gasteiger partial charge in [-0.1, -0.05) is 20.8 Å². The predicted molar refractivity (Wildman–Crippen MR) is 62.9 cm³/mol. The standard InChI is InChI=1S/C13H26O2/c1-6-13(4,5)15-11-9-12(2,3)8-7-10(11)14/h10-11,14H,6-9H2,1-5H3. The summed E-state index contributed by atoms with van der Waals surface area (Å²) in [5.74, 6) is 0. The maximum Gasteiger partial charge on any atom is 0.0846 e. The molecular formula is C13H26O2. The third-order valence-corrected chi connectivity index (χ3v) is 3.62. The summed E-state index contributed by atoms with van der Waals surface area (Å²) >= 11 is 0. The Morgan fingerprint density at radius 2 is 2.00 bits per heavy atom. The van der Waals surface area contributed by atoms with E-state index >= 15 is 0 Å². The second kappa shape index (κ2) is 4.42. The van der Waals surface area contributed by atoms with Crippen molar-refractivity contribution in [3.63, 3.8) is 0 Å². The van der Waals surface area contributed by atoms with Gasteiger partial charge in [-0.15, -0.1) is 0 Å². The van der Waals surface area contributed by atoms with E-state index in [0.29, 0.717) is 5.41 Å².